The van der Waals surface area contributed by atoms with Crippen molar-refractivity contribution in [1.29, 1.82) is 5.26 Å². The number of nitrogens with zero attached hydrogens (tertiary/aromatic N) is 6. The van der Waals surface area contributed by atoms with Crippen molar-refractivity contribution in [2.24, 2.45) is 11.8 Å². The Hall–Kier alpha value is -3.37. The van der Waals surface area contributed by atoms with Crippen LogP contribution in [0, 0.1) is 23.2 Å². The summed E-state index contributed by atoms with van der Waals surface area (Å²) in [6, 6.07) is 16.3. The summed E-state index contributed by atoms with van der Waals surface area (Å²) < 4.78 is 1.97. The summed E-state index contributed by atoms with van der Waals surface area (Å²) in [5.41, 5.74) is 6.09. The van der Waals surface area contributed by atoms with Crippen molar-refractivity contribution in [2.45, 2.75) is 45.1 Å². The highest BCUT2D eigenvalue weighted by Crippen LogP contribution is 2.39. The van der Waals surface area contributed by atoms with Crippen LogP contribution in [-0.4, -0.2) is 70.6 Å². The molecule has 0 spiro atoms. The lowest BCUT2D eigenvalue weighted by Gasteiger charge is -2.36. The van der Waals surface area contributed by atoms with Crippen molar-refractivity contribution >= 4 is 17.1 Å². The van der Waals surface area contributed by atoms with Gasteiger partial charge in [0.1, 0.15) is 0 Å². The molecule has 2 aliphatic heterocycles. The number of hydrogen-bond acceptors (Lipinski definition) is 5. The van der Waals surface area contributed by atoms with E-state index in [0.717, 1.165) is 30.7 Å². The number of carbonyl (C=O) groups excluding carboxylic acids is 1. The maximum atomic E-state index is 12.7. The first-order valence-electron chi connectivity index (χ1n) is 13.8. The fourth-order valence-electron chi connectivity index (χ4n) is 6.14. The van der Waals surface area contributed by atoms with E-state index < -0.39 is 0 Å². The molecule has 1 saturated carbocycles. The van der Waals surface area contributed by atoms with Crippen LogP contribution in [0.5, 0.6) is 0 Å². The van der Waals surface area contributed by atoms with Crippen molar-refractivity contribution in [1.82, 2.24) is 19.4 Å². The third-order valence-electron chi connectivity index (χ3n) is 8.67. The third-order valence-corrected chi connectivity index (χ3v) is 8.67. The van der Waals surface area contributed by atoms with E-state index in [1.54, 1.807) is 0 Å². The van der Waals surface area contributed by atoms with Crippen molar-refractivity contribution in [2.75, 3.05) is 44.2 Å². The van der Waals surface area contributed by atoms with Gasteiger partial charge in [-0.3, -0.25) is 4.79 Å². The van der Waals surface area contributed by atoms with Crippen LogP contribution in [0.2, 0.25) is 0 Å². The predicted octanol–water partition coefficient (Wildman–Crippen LogP) is 4.40. The predicted molar refractivity (Wildman–Crippen MR) is 145 cm³/mol. The average molecular weight is 497 g/mol. The topological polar surface area (TPSA) is 67.9 Å². The Balaban J connectivity index is 1.14. The molecule has 3 aliphatic rings. The fraction of sp³-hybridized carbons (Fsp3) is 0.500. The summed E-state index contributed by atoms with van der Waals surface area (Å²) >= 11 is 0. The number of nitriles is 1. The third kappa shape index (κ3) is 4.71. The smallest absolute Gasteiger partial charge is 0.227 e. The van der Waals surface area contributed by atoms with Gasteiger partial charge in [-0.25, -0.2) is 4.52 Å². The van der Waals surface area contributed by atoms with Crippen LogP contribution in [0.1, 0.15) is 44.6 Å². The largest absolute Gasteiger partial charge is 0.366 e. The van der Waals surface area contributed by atoms with Gasteiger partial charge in [-0.05, 0) is 75.4 Å². The van der Waals surface area contributed by atoms with E-state index in [1.807, 2.05) is 15.6 Å². The molecular weight excluding hydrogens is 460 g/mol. The minimum atomic E-state index is -0.0727. The molecular formula is C30H36N6O. The van der Waals surface area contributed by atoms with Gasteiger partial charge in [-0.15, -0.1) is 0 Å². The van der Waals surface area contributed by atoms with Gasteiger partial charge in [-0.2, -0.15) is 10.4 Å². The van der Waals surface area contributed by atoms with Crippen LogP contribution in [0.25, 0.3) is 16.6 Å². The SMILES string of the molecule is CC(C)N1CCC(c2ccc(-c3cc4c(N5CCN(C(=O)[C@H]6C[C@@H]6C#N)CC5)ccnn4c3)cc2)CC1. The molecule has 3 fully saturated rings. The quantitative estimate of drug-likeness (QED) is 0.524. The molecule has 1 aromatic carbocycles. The number of carbonyl (C=O) groups is 1. The minimum absolute atomic E-state index is 0.0726. The molecule has 2 saturated heterocycles. The number of aromatic nitrogens is 2. The number of piperazine rings is 1. The lowest BCUT2D eigenvalue weighted by atomic mass is 9.88. The molecule has 7 nitrogen and oxygen atoms in total. The zero-order valence-corrected chi connectivity index (χ0v) is 21.9. The number of rotatable bonds is 5. The Morgan fingerprint density at radius 2 is 1.73 bits per heavy atom. The van der Waals surface area contributed by atoms with Gasteiger partial charge in [0.05, 0.1) is 29.1 Å². The van der Waals surface area contributed by atoms with Crippen LogP contribution in [0.4, 0.5) is 5.69 Å². The minimum Gasteiger partial charge on any atom is -0.366 e. The zero-order valence-electron chi connectivity index (χ0n) is 21.9. The van der Waals surface area contributed by atoms with E-state index in [4.69, 9.17) is 5.26 Å². The van der Waals surface area contributed by atoms with E-state index in [-0.39, 0.29) is 17.7 Å². The summed E-state index contributed by atoms with van der Waals surface area (Å²) in [5, 5.41) is 13.6. The fourth-order valence-corrected chi connectivity index (χ4v) is 6.14. The van der Waals surface area contributed by atoms with Gasteiger partial charge in [0.2, 0.25) is 5.91 Å². The van der Waals surface area contributed by atoms with E-state index >= 15 is 0 Å². The van der Waals surface area contributed by atoms with Crippen LogP contribution in [0.3, 0.4) is 0 Å². The Bertz CT molecular complexity index is 1310. The molecule has 1 aliphatic carbocycles. The first kappa shape index (κ1) is 24.0. The molecule has 3 aromatic rings. The molecule has 6 rings (SSSR count). The van der Waals surface area contributed by atoms with Crippen LogP contribution in [0.15, 0.2) is 48.8 Å². The monoisotopic (exact) mass is 496 g/mol. The van der Waals surface area contributed by atoms with E-state index in [1.165, 1.54) is 42.6 Å². The van der Waals surface area contributed by atoms with Crippen molar-refractivity contribution in [3.05, 3.63) is 54.4 Å². The lowest BCUT2D eigenvalue weighted by Crippen LogP contribution is -2.49. The summed E-state index contributed by atoms with van der Waals surface area (Å²) in [6.45, 7) is 9.94. The second-order valence-corrected chi connectivity index (χ2v) is 11.2. The van der Waals surface area contributed by atoms with Gasteiger partial charge in [0.25, 0.3) is 0 Å². The maximum absolute atomic E-state index is 12.7. The number of anilines is 1. The van der Waals surface area contributed by atoms with Gasteiger partial charge in [-0.1, -0.05) is 24.3 Å². The van der Waals surface area contributed by atoms with E-state index in [0.29, 0.717) is 25.0 Å². The highest BCUT2D eigenvalue weighted by Gasteiger charge is 2.45. The second kappa shape index (κ2) is 9.83. The molecule has 0 radical (unpaired) electrons. The molecule has 0 N–H and O–H groups in total. The van der Waals surface area contributed by atoms with Crippen LogP contribution >= 0.6 is 0 Å². The van der Waals surface area contributed by atoms with Crippen molar-refractivity contribution in [3.63, 3.8) is 0 Å². The summed E-state index contributed by atoms with van der Waals surface area (Å²) in [5.74, 6) is 0.666. The number of fused-ring (bicyclic) bond motifs is 1. The van der Waals surface area contributed by atoms with E-state index in [2.05, 4.69) is 77.4 Å². The first-order chi connectivity index (χ1) is 18.0. The number of amides is 1. The highest BCUT2D eigenvalue weighted by molar-refractivity contribution is 5.83. The Labute approximate surface area is 219 Å². The molecule has 1 amide bonds. The average Bonchev–Trinajstić information content (AvgIpc) is 3.61. The molecule has 2 atom stereocenters. The number of benzene rings is 1. The normalized spacial score (nSPS) is 23.0. The van der Waals surface area contributed by atoms with Crippen LogP contribution in [-0.2, 0) is 4.79 Å². The van der Waals surface area contributed by atoms with Crippen molar-refractivity contribution < 1.29 is 4.79 Å². The molecule has 0 unspecified atom stereocenters. The van der Waals surface area contributed by atoms with Crippen LogP contribution < -0.4 is 4.90 Å². The maximum Gasteiger partial charge on any atom is 0.227 e. The Morgan fingerprint density at radius 1 is 1.00 bits per heavy atom. The number of hydrogen-bond donors (Lipinski definition) is 0. The van der Waals surface area contributed by atoms with E-state index in [9.17, 15) is 4.79 Å². The Morgan fingerprint density at radius 3 is 2.38 bits per heavy atom. The van der Waals surface area contributed by atoms with Gasteiger partial charge in [0, 0.05) is 50.2 Å². The Kier molecular flexibility index (Phi) is 6.37. The zero-order chi connectivity index (χ0) is 25.5. The standard InChI is InChI=1S/C30H36N6O/c1-21(2)33-11-8-24(9-12-33)22-3-5-23(6-4-22)26-18-29-28(7-10-32-36(29)20-26)34-13-15-35(16-14-34)30(37)27-17-25(27)19-31/h3-7,10,18,20-21,24-25,27H,8-9,11-17H2,1-2H3/t25-,27+/m1/s1. The van der Waals surface area contributed by atoms with Crippen molar-refractivity contribution in [3.8, 4) is 17.2 Å². The van der Waals surface area contributed by atoms with Gasteiger partial charge < -0.3 is 14.7 Å². The number of likely N-dealkylation sites (tertiary alicyclic amines) is 1. The molecule has 37 heavy (non-hydrogen) atoms. The summed E-state index contributed by atoms with van der Waals surface area (Å²) in [7, 11) is 0. The molecule has 0 bridgehead atoms. The lowest BCUT2D eigenvalue weighted by molar-refractivity contribution is -0.133. The summed E-state index contributed by atoms with van der Waals surface area (Å²) in [4.78, 5) is 19.5. The van der Waals surface area contributed by atoms with Gasteiger partial charge >= 0.3 is 0 Å². The highest BCUT2D eigenvalue weighted by atomic mass is 16.2. The molecule has 2 aromatic heterocycles. The molecule has 192 valence electrons. The second-order valence-electron chi connectivity index (χ2n) is 11.2. The summed E-state index contributed by atoms with van der Waals surface area (Å²) in [6.07, 6.45) is 7.17. The molecule has 4 heterocycles. The molecule has 7 heteroatoms. The van der Waals surface area contributed by atoms with Gasteiger partial charge in [0.15, 0.2) is 0 Å². The number of piperidine rings is 1. The first-order valence-corrected chi connectivity index (χ1v) is 13.8.